The maximum Gasteiger partial charge on any atom is 0.434 e. The van der Waals surface area contributed by atoms with Gasteiger partial charge in [0, 0.05) is 34.6 Å². The Morgan fingerprint density at radius 3 is 2.29 bits per heavy atom. The van der Waals surface area contributed by atoms with Gasteiger partial charge in [0.25, 0.3) is 0 Å². The molecule has 16 heteroatoms. The lowest BCUT2D eigenvalue weighted by Crippen LogP contribution is -2.45. The minimum Gasteiger partial charge on any atom is -0.495 e. The highest BCUT2D eigenvalue weighted by atomic mass is 35.5. The van der Waals surface area contributed by atoms with Crippen molar-refractivity contribution in [3.63, 3.8) is 0 Å². The summed E-state index contributed by atoms with van der Waals surface area (Å²) in [4.78, 5) is 30.9. The third kappa shape index (κ3) is 10.3. The number of thioether (sulfide) groups is 1. The van der Waals surface area contributed by atoms with Crippen LogP contribution in [-0.4, -0.2) is 58.7 Å². The zero-order valence-corrected chi connectivity index (χ0v) is 30.2. The van der Waals surface area contributed by atoms with Crippen molar-refractivity contribution >= 4 is 41.5 Å². The first-order valence-electron chi connectivity index (χ1n) is 15.5. The van der Waals surface area contributed by atoms with E-state index in [1.165, 1.54) is 19.2 Å². The van der Waals surface area contributed by atoms with E-state index in [2.05, 4.69) is 20.6 Å². The van der Waals surface area contributed by atoms with Gasteiger partial charge in [-0.15, -0.1) is 4.99 Å². The topological polar surface area (TPSA) is 136 Å². The molecular formula is C35H37ClF3N5O6S. The lowest BCUT2D eigenvalue weighted by molar-refractivity contribution is 0.0561. The van der Waals surface area contributed by atoms with E-state index >= 15 is 8.78 Å². The van der Waals surface area contributed by atoms with Crippen molar-refractivity contribution in [2.75, 3.05) is 20.3 Å². The molecule has 0 atom stereocenters. The van der Waals surface area contributed by atoms with Crippen LogP contribution in [0.4, 0.5) is 22.8 Å². The van der Waals surface area contributed by atoms with Crippen LogP contribution in [-0.2, 0) is 15.9 Å². The van der Waals surface area contributed by atoms with Crippen LogP contribution in [0.3, 0.4) is 0 Å². The highest BCUT2D eigenvalue weighted by Gasteiger charge is 2.30. The minimum atomic E-state index is -1.57. The third-order valence-corrected chi connectivity index (χ3v) is 8.57. The molecule has 0 unspecified atom stereocenters. The number of carboxylic acid groups (broad SMARTS) is 1. The van der Waals surface area contributed by atoms with E-state index < -0.39 is 46.6 Å². The number of benzene rings is 3. The second kappa shape index (κ2) is 16.4. The Hall–Kier alpha value is -4.89. The van der Waals surface area contributed by atoms with Gasteiger partial charge in [0.1, 0.15) is 41.2 Å². The zero-order chi connectivity index (χ0) is 37.5. The largest absolute Gasteiger partial charge is 0.495 e. The lowest BCUT2D eigenvalue weighted by Gasteiger charge is -2.28. The summed E-state index contributed by atoms with van der Waals surface area (Å²) in [6, 6.07) is 13.3. The number of ether oxygens (including phenoxy) is 3. The Bertz CT molecular complexity index is 1890. The molecule has 3 N–H and O–H groups in total. The van der Waals surface area contributed by atoms with Crippen molar-refractivity contribution < 1.29 is 42.1 Å². The van der Waals surface area contributed by atoms with E-state index in [9.17, 15) is 14.0 Å². The molecule has 0 saturated carbocycles. The maximum atomic E-state index is 15.3. The summed E-state index contributed by atoms with van der Waals surface area (Å²) < 4.78 is 62.2. The van der Waals surface area contributed by atoms with Crippen molar-refractivity contribution in [3.05, 3.63) is 100 Å². The summed E-state index contributed by atoms with van der Waals surface area (Å²) in [5, 5.41) is 14.6. The number of alkyl carbamates (subject to hydrolysis) is 1. The van der Waals surface area contributed by atoms with E-state index in [1.807, 2.05) is 30.5 Å². The molecule has 4 rings (SSSR count). The van der Waals surface area contributed by atoms with Crippen molar-refractivity contribution in [2.24, 2.45) is 4.99 Å². The second-order valence-electron chi connectivity index (χ2n) is 12.5. The molecule has 0 aliphatic carbocycles. The van der Waals surface area contributed by atoms with Crippen LogP contribution in [0.1, 0.15) is 51.4 Å². The van der Waals surface area contributed by atoms with Gasteiger partial charge in [0.2, 0.25) is 5.96 Å². The van der Waals surface area contributed by atoms with Crippen molar-refractivity contribution in [3.8, 4) is 17.2 Å². The smallest absolute Gasteiger partial charge is 0.434 e. The number of hydrogen-bond donors (Lipinski definition) is 3. The summed E-state index contributed by atoms with van der Waals surface area (Å²) in [5.74, 6) is -2.33. The second-order valence-corrected chi connectivity index (χ2v) is 13.9. The fourth-order valence-corrected chi connectivity index (χ4v) is 6.00. The molecule has 0 aliphatic rings. The van der Waals surface area contributed by atoms with E-state index in [0.717, 1.165) is 35.2 Å². The van der Waals surface area contributed by atoms with Gasteiger partial charge >= 0.3 is 12.2 Å². The fourth-order valence-electron chi connectivity index (χ4n) is 4.80. The number of carbonyl (C=O) groups excluding carboxylic acids is 1. The van der Waals surface area contributed by atoms with Gasteiger partial charge < -0.3 is 24.6 Å². The normalized spacial score (nSPS) is 12.0. The van der Waals surface area contributed by atoms with Crippen molar-refractivity contribution in [1.82, 2.24) is 20.2 Å². The molecule has 0 aliphatic heterocycles. The molecular weight excluding hydrogens is 711 g/mol. The Labute approximate surface area is 302 Å². The number of amides is 2. The number of imidazole rings is 1. The molecule has 272 valence electrons. The van der Waals surface area contributed by atoms with Crippen LogP contribution in [0.5, 0.6) is 11.5 Å². The molecule has 0 radical (unpaired) electrons. The summed E-state index contributed by atoms with van der Waals surface area (Å²) in [7, 11) is 1.52. The number of carbonyl (C=O) groups is 2. The van der Waals surface area contributed by atoms with Gasteiger partial charge in [-0.25, -0.2) is 27.7 Å². The molecule has 4 aromatic rings. The van der Waals surface area contributed by atoms with Gasteiger partial charge in [-0.3, -0.25) is 9.88 Å². The van der Waals surface area contributed by atoms with Gasteiger partial charge in [0.15, 0.2) is 5.16 Å². The summed E-state index contributed by atoms with van der Waals surface area (Å²) in [6.07, 6.45) is -0.842. The summed E-state index contributed by atoms with van der Waals surface area (Å²) in [6.45, 7) is 8.59. The number of aromatic nitrogens is 2. The predicted molar refractivity (Wildman–Crippen MR) is 188 cm³/mol. The number of rotatable bonds is 11. The molecule has 51 heavy (non-hydrogen) atoms. The van der Waals surface area contributed by atoms with Crippen LogP contribution in [0.15, 0.2) is 70.9 Å². The number of nitrogens with zero attached hydrogens (tertiary/aromatic N) is 3. The van der Waals surface area contributed by atoms with E-state index in [4.69, 9.17) is 30.9 Å². The molecule has 0 fully saturated rings. The van der Waals surface area contributed by atoms with E-state index in [1.54, 1.807) is 45.2 Å². The first kappa shape index (κ1) is 38.9. The van der Waals surface area contributed by atoms with Crippen LogP contribution in [0.25, 0.3) is 5.69 Å². The zero-order valence-electron chi connectivity index (χ0n) is 28.6. The Morgan fingerprint density at radius 2 is 1.69 bits per heavy atom. The fraction of sp³-hybridized carbons (Fsp3) is 0.314. The van der Waals surface area contributed by atoms with Gasteiger partial charge in [-0.05, 0) is 62.7 Å². The van der Waals surface area contributed by atoms with Gasteiger partial charge in [0.05, 0.1) is 30.6 Å². The number of guanidine groups is 1. The number of methoxy groups -OCH3 is 1. The lowest BCUT2D eigenvalue weighted by atomic mass is 9.81. The monoisotopic (exact) mass is 747 g/mol. The Morgan fingerprint density at radius 1 is 1.02 bits per heavy atom. The Kier molecular flexibility index (Phi) is 12.5. The minimum absolute atomic E-state index is 0.0870. The molecule has 1 aromatic heterocycles. The quantitative estimate of drug-likeness (QED) is 0.0602. The van der Waals surface area contributed by atoms with E-state index in [-0.39, 0.29) is 30.2 Å². The number of halogens is 4. The van der Waals surface area contributed by atoms with Crippen LogP contribution < -0.4 is 20.1 Å². The first-order chi connectivity index (χ1) is 24.0. The molecule has 0 spiro atoms. The van der Waals surface area contributed by atoms with Crippen molar-refractivity contribution in [2.45, 2.75) is 56.5 Å². The Balaban J connectivity index is 1.49. The van der Waals surface area contributed by atoms with Gasteiger partial charge in [-0.1, -0.05) is 43.3 Å². The standard InChI is InChI=1S/C35H37ClF3N5O6S/c1-34(2,3)50-33(47)43-30(42-32(45)46)40-13-14-49-23-16-26(38)24(27(39)17-23)19-51-31-41-18-29(44(31)22-10-8-21(37)9-11-22)35(4,5)20-7-12-25(36)28(15-20)48-6/h7-12,15-18H,13-14,19H2,1-6H3,(H,45,46)(H2,40,42,43,47). The molecule has 11 nitrogen and oxygen atoms in total. The number of nitrogens with one attached hydrogen (secondary N) is 2. The highest BCUT2D eigenvalue weighted by Crippen LogP contribution is 2.39. The first-order valence-corrected chi connectivity index (χ1v) is 16.8. The average molecular weight is 748 g/mol. The van der Waals surface area contributed by atoms with Crippen LogP contribution in [0, 0.1) is 17.5 Å². The van der Waals surface area contributed by atoms with Crippen LogP contribution >= 0.6 is 23.4 Å². The SMILES string of the molecule is COc1cc(C(C)(C)c2cnc(SCc3c(F)cc(OCCN/C(=N\C(=O)O)NC(=O)OC(C)(C)C)cc3F)n2-c2ccc(F)cc2)ccc1Cl. The van der Waals surface area contributed by atoms with Crippen LogP contribution in [0.2, 0.25) is 5.02 Å². The highest BCUT2D eigenvalue weighted by molar-refractivity contribution is 7.98. The maximum absolute atomic E-state index is 15.3. The van der Waals surface area contributed by atoms with Gasteiger partial charge in [-0.2, -0.15) is 0 Å². The molecule has 0 saturated heterocycles. The molecule has 1 heterocycles. The average Bonchev–Trinajstić information content (AvgIpc) is 3.46. The number of hydrogen-bond acceptors (Lipinski definition) is 7. The van der Waals surface area contributed by atoms with E-state index in [0.29, 0.717) is 21.6 Å². The number of aliphatic imine (C=N–C) groups is 1. The third-order valence-electron chi connectivity index (χ3n) is 7.28. The summed E-state index contributed by atoms with van der Waals surface area (Å²) in [5.41, 5.74) is 0.440. The molecule has 0 bridgehead atoms. The van der Waals surface area contributed by atoms with Crippen molar-refractivity contribution in [1.29, 1.82) is 0 Å². The predicted octanol–water partition coefficient (Wildman–Crippen LogP) is 8.10. The molecule has 3 aromatic carbocycles. The molecule has 2 amide bonds. The summed E-state index contributed by atoms with van der Waals surface area (Å²) >= 11 is 7.36.